The molecule has 0 atom stereocenters. The van der Waals surface area contributed by atoms with Gasteiger partial charge in [-0.3, -0.25) is 0 Å². The average Bonchev–Trinajstić information content (AvgIpc) is 1.91. The third kappa shape index (κ3) is 10.4. The van der Waals surface area contributed by atoms with Crippen molar-refractivity contribution in [2.75, 3.05) is 6.54 Å². The van der Waals surface area contributed by atoms with Gasteiger partial charge in [-0.1, -0.05) is 0 Å². The highest BCUT2D eigenvalue weighted by molar-refractivity contribution is 4.85. The Morgan fingerprint density at radius 3 is 1.62 bits per heavy atom. The van der Waals surface area contributed by atoms with Gasteiger partial charge in [0.15, 0.2) is 0 Å². The lowest BCUT2D eigenvalue weighted by Gasteiger charge is -2.35. The number of nitrogens with one attached hydrogen (secondary N) is 2. The third-order valence-corrected chi connectivity index (χ3v) is 2.35. The second-order valence-corrected chi connectivity index (χ2v) is 7.54. The van der Waals surface area contributed by atoms with Crippen LogP contribution < -0.4 is 10.6 Å². The highest BCUT2D eigenvalue weighted by atomic mass is 15.0. The first-order valence-electron chi connectivity index (χ1n) is 6.46. The molecule has 16 heavy (non-hydrogen) atoms. The quantitative estimate of drug-likeness (QED) is 0.705. The number of hydrogen-bond donors (Lipinski definition) is 2. The fourth-order valence-corrected chi connectivity index (χ4v) is 2.07. The molecule has 0 spiro atoms. The Morgan fingerprint density at radius 2 is 1.25 bits per heavy atom. The zero-order valence-electron chi connectivity index (χ0n) is 12.6. The molecular formula is C14H32N2. The van der Waals surface area contributed by atoms with Gasteiger partial charge in [-0.2, -0.15) is 0 Å². The Kier molecular flexibility index (Phi) is 5.48. The molecule has 0 aromatic heterocycles. The van der Waals surface area contributed by atoms with Crippen LogP contribution in [0.15, 0.2) is 0 Å². The summed E-state index contributed by atoms with van der Waals surface area (Å²) in [5.41, 5.74) is 0.653. The van der Waals surface area contributed by atoms with Crippen LogP contribution in [0.5, 0.6) is 0 Å². The van der Waals surface area contributed by atoms with Crippen molar-refractivity contribution < 1.29 is 0 Å². The lowest BCUT2D eigenvalue weighted by Crippen LogP contribution is -2.50. The zero-order valence-corrected chi connectivity index (χ0v) is 12.6. The fraction of sp³-hybridized carbons (Fsp3) is 1.00. The van der Waals surface area contributed by atoms with Gasteiger partial charge < -0.3 is 10.6 Å². The Bertz CT molecular complexity index is 194. The van der Waals surface area contributed by atoms with Crippen LogP contribution in [0.25, 0.3) is 0 Å². The molecule has 0 amide bonds. The Morgan fingerprint density at radius 1 is 0.750 bits per heavy atom. The van der Waals surface area contributed by atoms with E-state index in [2.05, 4.69) is 66.0 Å². The predicted molar refractivity (Wildman–Crippen MR) is 74.0 cm³/mol. The predicted octanol–water partition coefficient (Wildman–Crippen LogP) is 3.32. The van der Waals surface area contributed by atoms with E-state index in [1.165, 1.54) is 12.8 Å². The van der Waals surface area contributed by atoms with E-state index in [0.717, 1.165) is 6.54 Å². The summed E-state index contributed by atoms with van der Waals surface area (Å²) in [6.07, 6.45) is 2.42. The first-order valence-corrected chi connectivity index (χ1v) is 6.46. The van der Waals surface area contributed by atoms with E-state index >= 15 is 0 Å². The summed E-state index contributed by atoms with van der Waals surface area (Å²) in [7, 11) is 0. The summed E-state index contributed by atoms with van der Waals surface area (Å²) in [6.45, 7) is 19.0. The Labute approximate surface area is 103 Å². The van der Waals surface area contributed by atoms with Crippen LogP contribution in [-0.4, -0.2) is 23.2 Å². The molecule has 0 heterocycles. The second-order valence-electron chi connectivity index (χ2n) is 7.54. The summed E-state index contributed by atoms with van der Waals surface area (Å²) in [5.74, 6) is 0. The van der Waals surface area contributed by atoms with E-state index in [1.807, 2.05) is 0 Å². The molecule has 0 saturated carbocycles. The van der Waals surface area contributed by atoms with Gasteiger partial charge in [-0.05, 0) is 74.8 Å². The van der Waals surface area contributed by atoms with Crippen molar-refractivity contribution in [3.05, 3.63) is 0 Å². The molecule has 0 rings (SSSR count). The second kappa shape index (κ2) is 5.50. The topological polar surface area (TPSA) is 24.1 Å². The molecule has 0 aliphatic carbocycles. The average molecular weight is 228 g/mol. The monoisotopic (exact) mass is 228 g/mol. The van der Waals surface area contributed by atoms with Gasteiger partial charge in [0.2, 0.25) is 0 Å². The van der Waals surface area contributed by atoms with Crippen LogP contribution >= 0.6 is 0 Å². The minimum Gasteiger partial charge on any atom is -0.312 e. The molecule has 0 aliphatic heterocycles. The van der Waals surface area contributed by atoms with Crippen LogP contribution in [-0.2, 0) is 0 Å². The minimum absolute atomic E-state index is 0.195. The summed E-state index contributed by atoms with van der Waals surface area (Å²) >= 11 is 0. The molecular weight excluding hydrogens is 196 g/mol. The SMILES string of the molecule is CC(C)(C)NCCCC(C)(C)NC(C)(C)C. The van der Waals surface area contributed by atoms with Crippen LogP contribution in [0.3, 0.4) is 0 Å². The van der Waals surface area contributed by atoms with Crippen LogP contribution in [0.1, 0.15) is 68.2 Å². The molecule has 98 valence electrons. The Balaban J connectivity index is 3.83. The van der Waals surface area contributed by atoms with E-state index < -0.39 is 0 Å². The highest BCUT2D eigenvalue weighted by Gasteiger charge is 2.23. The summed E-state index contributed by atoms with van der Waals surface area (Å²) in [6, 6.07) is 0. The largest absolute Gasteiger partial charge is 0.312 e. The van der Waals surface area contributed by atoms with Gasteiger partial charge in [-0.25, -0.2) is 0 Å². The normalized spacial score (nSPS) is 14.2. The summed E-state index contributed by atoms with van der Waals surface area (Å²) < 4.78 is 0. The van der Waals surface area contributed by atoms with Gasteiger partial charge in [0.05, 0.1) is 0 Å². The molecule has 0 aromatic carbocycles. The fourth-order valence-electron chi connectivity index (χ4n) is 2.07. The molecule has 0 radical (unpaired) electrons. The molecule has 2 heteroatoms. The lowest BCUT2D eigenvalue weighted by atomic mass is 9.94. The first kappa shape index (κ1) is 15.9. The minimum atomic E-state index is 0.195. The van der Waals surface area contributed by atoms with Crippen molar-refractivity contribution >= 4 is 0 Å². The number of rotatable bonds is 5. The van der Waals surface area contributed by atoms with E-state index in [0.29, 0.717) is 0 Å². The van der Waals surface area contributed by atoms with Crippen molar-refractivity contribution in [2.45, 2.75) is 84.8 Å². The molecule has 0 aliphatic rings. The number of hydrogen-bond acceptors (Lipinski definition) is 2. The van der Waals surface area contributed by atoms with Gasteiger partial charge in [-0.15, -0.1) is 0 Å². The maximum absolute atomic E-state index is 3.67. The first-order chi connectivity index (χ1) is 6.91. The molecule has 0 saturated heterocycles. The smallest absolute Gasteiger partial charge is 0.0130 e. The summed E-state index contributed by atoms with van der Waals surface area (Å²) in [5, 5.41) is 7.19. The Hall–Kier alpha value is -0.0800. The van der Waals surface area contributed by atoms with Gasteiger partial charge in [0.25, 0.3) is 0 Å². The van der Waals surface area contributed by atoms with E-state index in [9.17, 15) is 0 Å². The molecule has 0 fully saturated rings. The van der Waals surface area contributed by atoms with Crippen LogP contribution in [0.4, 0.5) is 0 Å². The molecule has 2 N–H and O–H groups in total. The van der Waals surface area contributed by atoms with E-state index in [-0.39, 0.29) is 16.6 Å². The highest BCUT2D eigenvalue weighted by Crippen LogP contribution is 2.16. The molecule has 0 unspecified atom stereocenters. The maximum Gasteiger partial charge on any atom is 0.0130 e. The van der Waals surface area contributed by atoms with Crippen molar-refractivity contribution in [3.63, 3.8) is 0 Å². The van der Waals surface area contributed by atoms with Crippen LogP contribution in [0, 0.1) is 0 Å². The van der Waals surface area contributed by atoms with Crippen LogP contribution in [0.2, 0.25) is 0 Å². The van der Waals surface area contributed by atoms with Crippen molar-refractivity contribution in [3.8, 4) is 0 Å². The maximum atomic E-state index is 3.67. The molecule has 2 nitrogen and oxygen atoms in total. The van der Waals surface area contributed by atoms with Gasteiger partial charge in [0.1, 0.15) is 0 Å². The van der Waals surface area contributed by atoms with Gasteiger partial charge >= 0.3 is 0 Å². The van der Waals surface area contributed by atoms with Crippen molar-refractivity contribution in [1.82, 2.24) is 10.6 Å². The standard InChI is InChI=1S/C14H32N2/c1-12(2,3)15-11-9-10-14(7,8)16-13(4,5)6/h15-16H,9-11H2,1-8H3. The van der Waals surface area contributed by atoms with E-state index in [1.54, 1.807) is 0 Å². The lowest BCUT2D eigenvalue weighted by molar-refractivity contribution is 0.259. The summed E-state index contributed by atoms with van der Waals surface area (Å²) in [4.78, 5) is 0. The van der Waals surface area contributed by atoms with Crippen molar-refractivity contribution in [1.29, 1.82) is 0 Å². The van der Waals surface area contributed by atoms with Gasteiger partial charge in [0, 0.05) is 16.6 Å². The molecule has 0 bridgehead atoms. The molecule has 0 aromatic rings. The van der Waals surface area contributed by atoms with Crippen molar-refractivity contribution in [2.24, 2.45) is 0 Å². The third-order valence-electron chi connectivity index (χ3n) is 2.35. The van der Waals surface area contributed by atoms with E-state index in [4.69, 9.17) is 0 Å². The zero-order chi connectivity index (χ0) is 13.0.